The van der Waals surface area contributed by atoms with Gasteiger partial charge in [-0.25, -0.2) is 0 Å². The molecule has 0 radical (unpaired) electrons. The molecule has 0 aromatic rings. The molecule has 0 aliphatic carbocycles. The summed E-state index contributed by atoms with van der Waals surface area (Å²) in [6.07, 6.45) is 4.21. The zero-order valence-corrected chi connectivity index (χ0v) is 11.1. The van der Waals surface area contributed by atoms with Crippen LogP contribution in [0.4, 0.5) is 0 Å². The standard InChI is InChI=1S/C10H18O2.Na/c1-8(2)5-4-6-9(3)7-10(11)12;/h5,9H,4,6-7H2,1-3H3,(H,11,12);/q;+1/p-1/t9-;/m1./s1. The molecule has 0 aliphatic heterocycles. The van der Waals surface area contributed by atoms with Crippen molar-refractivity contribution < 1.29 is 39.5 Å². The summed E-state index contributed by atoms with van der Waals surface area (Å²) in [7, 11) is 0. The van der Waals surface area contributed by atoms with Crippen LogP contribution >= 0.6 is 0 Å². The summed E-state index contributed by atoms with van der Waals surface area (Å²) >= 11 is 0. The molecule has 0 spiro atoms. The van der Waals surface area contributed by atoms with E-state index in [9.17, 15) is 9.90 Å². The predicted molar refractivity (Wildman–Crippen MR) is 47.5 cm³/mol. The van der Waals surface area contributed by atoms with Gasteiger partial charge in [0.2, 0.25) is 0 Å². The smallest absolute Gasteiger partial charge is 0.550 e. The van der Waals surface area contributed by atoms with Crippen molar-refractivity contribution in [1.82, 2.24) is 0 Å². The average molecular weight is 192 g/mol. The van der Waals surface area contributed by atoms with Crippen molar-refractivity contribution in [3.8, 4) is 0 Å². The SMILES string of the molecule is CC(C)=CCC[C@@H](C)CC(=O)[O-].[Na+]. The van der Waals surface area contributed by atoms with Crippen molar-refractivity contribution in [2.45, 2.75) is 40.0 Å². The Hall–Kier alpha value is 0.210. The second-order valence-electron chi connectivity index (χ2n) is 3.54. The van der Waals surface area contributed by atoms with Crippen LogP contribution in [0.1, 0.15) is 40.0 Å². The fourth-order valence-corrected chi connectivity index (χ4v) is 1.04. The van der Waals surface area contributed by atoms with Gasteiger partial charge in [-0.15, -0.1) is 0 Å². The monoisotopic (exact) mass is 192 g/mol. The minimum absolute atomic E-state index is 0. The summed E-state index contributed by atoms with van der Waals surface area (Å²) in [6.45, 7) is 6.03. The molecule has 0 N–H and O–H groups in total. The number of carboxylic acids is 1. The van der Waals surface area contributed by atoms with Crippen molar-refractivity contribution in [3.63, 3.8) is 0 Å². The first-order valence-electron chi connectivity index (χ1n) is 4.35. The molecule has 70 valence electrons. The summed E-state index contributed by atoms with van der Waals surface area (Å²) in [5.41, 5.74) is 1.29. The van der Waals surface area contributed by atoms with Crippen LogP contribution in [-0.4, -0.2) is 5.97 Å². The molecule has 2 nitrogen and oxygen atoms in total. The Balaban J connectivity index is 0. The van der Waals surface area contributed by atoms with Gasteiger partial charge >= 0.3 is 29.6 Å². The van der Waals surface area contributed by atoms with Crippen molar-refractivity contribution in [1.29, 1.82) is 0 Å². The van der Waals surface area contributed by atoms with Gasteiger partial charge in [0.15, 0.2) is 0 Å². The Morgan fingerprint density at radius 1 is 1.46 bits per heavy atom. The normalized spacial score (nSPS) is 11.3. The Labute approximate surface area is 103 Å². The second-order valence-corrected chi connectivity index (χ2v) is 3.54. The third-order valence-corrected chi connectivity index (χ3v) is 1.73. The summed E-state index contributed by atoms with van der Waals surface area (Å²) < 4.78 is 0. The molecule has 0 saturated carbocycles. The molecule has 0 aromatic carbocycles. The van der Waals surface area contributed by atoms with Crippen molar-refractivity contribution >= 4 is 5.97 Å². The molecule has 0 bridgehead atoms. The Bertz CT molecular complexity index is 172. The van der Waals surface area contributed by atoms with Gasteiger partial charge in [0.1, 0.15) is 0 Å². The number of carboxylic acid groups (broad SMARTS) is 1. The van der Waals surface area contributed by atoms with Gasteiger partial charge in [0.25, 0.3) is 0 Å². The van der Waals surface area contributed by atoms with E-state index in [4.69, 9.17) is 0 Å². The minimum atomic E-state index is -0.945. The number of hydrogen-bond acceptors (Lipinski definition) is 2. The first-order valence-corrected chi connectivity index (χ1v) is 4.35. The molecule has 0 aromatic heterocycles. The molecule has 3 heteroatoms. The van der Waals surface area contributed by atoms with Crippen LogP contribution in [0.15, 0.2) is 11.6 Å². The van der Waals surface area contributed by atoms with Gasteiger partial charge in [-0.1, -0.05) is 18.6 Å². The third-order valence-electron chi connectivity index (χ3n) is 1.73. The largest absolute Gasteiger partial charge is 1.00 e. The maximum atomic E-state index is 10.2. The van der Waals surface area contributed by atoms with Crippen LogP contribution in [0.3, 0.4) is 0 Å². The van der Waals surface area contributed by atoms with Gasteiger partial charge in [0, 0.05) is 5.97 Å². The Morgan fingerprint density at radius 2 is 2.00 bits per heavy atom. The molecule has 0 amide bonds. The van der Waals surface area contributed by atoms with Crippen LogP contribution in [0, 0.1) is 5.92 Å². The summed E-state index contributed by atoms with van der Waals surface area (Å²) in [5.74, 6) is -0.717. The van der Waals surface area contributed by atoms with E-state index in [1.807, 2.05) is 20.8 Å². The maximum absolute atomic E-state index is 10.2. The first kappa shape index (κ1) is 15.7. The fraction of sp³-hybridized carbons (Fsp3) is 0.700. The molecule has 0 unspecified atom stereocenters. The van der Waals surface area contributed by atoms with E-state index in [1.54, 1.807) is 0 Å². The van der Waals surface area contributed by atoms with Crippen molar-refractivity contribution in [3.05, 3.63) is 11.6 Å². The summed E-state index contributed by atoms with van der Waals surface area (Å²) in [4.78, 5) is 10.2. The Morgan fingerprint density at radius 3 is 2.38 bits per heavy atom. The van der Waals surface area contributed by atoms with E-state index in [1.165, 1.54) is 5.57 Å². The van der Waals surface area contributed by atoms with E-state index in [2.05, 4.69) is 6.08 Å². The maximum Gasteiger partial charge on any atom is 1.00 e. The van der Waals surface area contributed by atoms with Gasteiger partial charge in [0.05, 0.1) is 0 Å². The third kappa shape index (κ3) is 12.2. The Kier molecular flexibility index (Phi) is 10.6. The molecular weight excluding hydrogens is 175 g/mol. The van der Waals surface area contributed by atoms with Crippen molar-refractivity contribution in [2.24, 2.45) is 5.92 Å². The van der Waals surface area contributed by atoms with Gasteiger partial charge in [-0.3, -0.25) is 0 Å². The molecule has 1 atom stereocenters. The fourth-order valence-electron chi connectivity index (χ4n) is 1.04. The molecule has 13 heavy (non-hydrogen) atoms. The van der Waals surface area contributed by atoms with E-state index >= 15 is 0 Å². The van der Waals surface area contributed by atoms with Crippen molar-refractivity contribution in [2.75, 3.05) is 0 Å². The number of allylic oxidation sites excluding steroid dienone is 2. The van der Waals surface area contributed by atoms with Crippen LogP contribution in [0.25, 0.3) is 0 Å². The average Bonchev–Trinajstić information content (AvgIpc) is 1.84. The quantitative estimate of drug-likeness (QED) is 0.393. The van der Waals surface area contributed by atoms with Gasteiger partial charge < -0.3 is 9.90 Å². The molecule has 0 heterocycles. The molecule has 0 saturated heterocycles. The molecule has 0 rings (SSSR count). The van der Waals surface area contributed by atoms with Crippen LogP contribution in [0.5, 0.6) is 0 Å². The van der Waals surface area contributed by atoms with E-state index < -0.39 is 5.97 Å². The number of aliphatic carboxylic acids is 1. The topological polar surface area (TPSA) is 40.1 Å². The van der Waals surface area contributed by atoms with Gasteiger partial charge in [-0.05, 0) is 39.0 Å². The van der Waals surface area contributed by atoms with E-state index in [-0.39, 0.29) is 41.9 Å². The zero-order valence-electron chi connectivity index (χ0n) is 9.09. The summed E-state index contributed by atoms with van der Waals surface area (Å²) in [5, 5.41) is 10.2. The molecule has 0 aliphatic rings. The second kappa shape index (κ2) is 8.79. The van der Waals surface area contributed by atoms with Gasteiger partial charge in [-0.2, -0.15) is 0 Å². The van der Waals surface area contributed by atoms with Crippen LogP contribution in [0.2, 0.25) is 0 Å². The van der Waals surface area contributed by atoms with E-state index in [0.29, 0.717) is 0 Å². The number of carbonyl (C=O) groups excluding carboxylic acids is 1. The predicted octanol–water partition coefficient (Wildman–Crippen LogP) is -1.49. The van der Waals surface area contributed by atoms with E-state index in [0.717, 1.165) is 12.8 Å². The number of rotatable bonds is 5. The molecule has 0 fully saturated rings. The number of carbonyl (C=O) groups is 1. The van der Waals surface area contributed by atoms with Crippen LogP contribution < -0.4 is 34.7 Å². The summed E-state index contributed by atoms with van der Waals surface area (Å²) in [6, 6.07) is 0. The van der Waals surface area contributed by atoms with Crippen LogP contribution in [-0.2, 0) is 4.79 Å². The number of hydrogen-bond donors (Lipinski definition) is 0. The first-order chi connectivity index (χ1) is 5.52. The molecular formula is C10H17NaO2. The minimum Gasteiger partial charge on any atom is -0.550 e. The zero-order chi connectivity index (χ0) is 9.56.